The molecule has 106 valence electrons. The van der Waals surface area contributed by atoms with Crippen LogP contribution in [-0.4, -0.2) is 0 Å². The first kappa shape index (κ1) is 15.6. The fourth-order valence-electron chi connectivity index (χ4n) is 2.16. The van der Waals surface area contributed by atoms with E-state index in [9.17, 15) is 4.39 Å². The predicted molar refractivity (Wildman–Crippen MR) is 84.6 cm³/mol. The molecule has 4 heteroatoms. The molecule has 0 heterocycles. The van der Waals surface area contributed by atoms with E-state index in [1.165, 1.54) is 6.07 Å². The van der Waals surface area contributed by atoms with Crippen LogP contribution in [0.1, 0.15) is 27.6 Å². The molecule has 0 aliphatic rings. The standard InChI is InChI=1S/C16H14Cl3F/c1-9-7-14(18)10(2)6-11(9)15(19)8-12-13(17)4-3-5-16(12)20/h3-7,15H,8H2,1-2H3. The van der Waals surface area contributed by atoms with Gasteiger partial charge in [0.15, 0.2) is 0 Å². The van der Waals surface area contributed by atoms with Crippen molar-refractivity contribution in [1.29, 1.82) is 0 Å². The summed E-state index contributed by atoms with van der Waals surface area (Å²) in [5.41, 5.74) is 3.35. The Morgan fingerprint density at radius 2 is 1.75 bits per heavy atom. The third-order valence-corrected chi connectivity index (χ3v) is 4.48. The zero-order chi connectivity index (χ0) is 14.9. The molecule has 2 rings (SSSR count). The van der Waals surface area contributed by atoms with Crippen molar-refractivity contribution in [2.24, 2.45) is 0 Å². The Labute approximate surface area is 133 Å². The highest BCUT2D eigenvalue weighted by Crippen LogP contribution is 2.33. The number of benzene rings is 2. The number of hydrogen-bond donors (Lipinski definition) is 0. The summed E-state index contributed by atoms with van der Waals surface area (Å²) in [5.74, 6) is -0.327. The van der Waals surface area contributed by atoms with Crippen molar-refractivity contribution >= 4 is 34.8 Å². The van der Waals surface area contributed by atoms with Crippen LogP contribution in [0.3, 0.4) is 0 Å². The molecule has 1 atom stereocenters. The first-order chi connectivity index (χ1) is 9.40. The third-order valence-electron chi connectivity index (χ3n) is 3.33. The van der Waals surface area contributed by atoms with Gasteiger partial charge in [-0.25, -0.2) is 4.39 Å². The van der Waals surface area contributed by atoms with Crippen molar-refractivity contribution in [2.75, 3.05) is 0 Å². The molecule has 0 spiro atoms. The minimum Gasteiger partial charge on any atom is -0.207 e. The van der Waals surface area contributed by atoms with Crippen LogP contribution in [0.5, 0.6) is 0 Å². The molecule has 0 bridgehead atoms. The highest BCUT2D eigenvalue weighted by molar-refractivity contribution is 6.32. The second-order valence-electron chi connectivity index (χ2n) is 4.83. The molecule has 0 saturated heterocycles. The summed E-state index contributed by atoms with van der Waals surface area (Å²) in [6, 6.07) is 8.48. The van der Waals surface area contributed by atoms with Crippen LogP contribution in [0.4, 0.5) is 4.39 Å². The van der Waals surface area contributed by atoms with Crippen molar-refractivity contribution in [3.63, 3.8) is 0 Å². The van der Waals surface area contributed by atoms with E-state index < -0.39 is 0 Å². The lowest BCUT2D eigenvalue weighted by atomic mass is 9.98. The number of hydrogen-bond acceptors (Lipinski definition) is 0. The van der Waals surface area contributed by atoms with Crippen LogP contribution < -0.4 is 0 Å². The molecule has 0 N–H and O–H groups in total. The van der Waals surface area contributed by atoms with Crippen LogP contribution >= 0.6 is 34.8 Å². The molecule has 1 unspecified atom stereocenters. The summed E-state index contributed by atoms with van der Waals surface area (Å²) >= 11 is 18.6. The van der Waals surface area contributed by atoms with Gasteiger partial charge in [0.05, 0.1) is 5.38 Å². The van der Waals surface area contributed by atoms with Crippen molar-refractivity contribution in [3.8, 4) is 0 Å². The lowest BCUT2D eigenvalue weighted by Gasteiger charge is -2.16. The Balaban J connectivity index is 2.33. The van der Waals surface area contributed by atoms with Crippen LogP contribution in [0.15, 0.2) is 30.3 Å². The van der Waals surface area contributed by atoms with E-state index in [-0.39, 0.29) is 11.2 Å². The molecule has 0 aromatic heterocycles. The van der Waals surface area contributed by atoms with Crippen molar-refractivity contribution in [3.05, 3.63) is 68.4 Å². The normalized spacial score (nSPS) is 12.5. The monoisotopic (exact) mass is 330 g/mol. The molecule has 20 heavy (non-hydrogen) atoms. The molecule has 0 aliphatic carbocycles. The summed E-state index contributed by atoms with van der Waals surface area (Å²) in [6.45, 7) is 3.87. The van der Waals surface area contributed by atoms with Gasteiger partial charge < -0.3 is 0 Å². The number of halogens is 4. The Hall–Kier alpha value is -0.760. The van der Waals surface area contributed by atoms with Gasteiger partial charge in [0.1, 0.15) is 5.82 Å². The molecular formula is C16H14Cl3F. The SMILES string of the molecule is Cc1cc(C(Cl)Cc2c(F)cccc2Cl)c(C)cc1Cl. The van der Waals surface area contributed by atoms with E-state index in [2.05, 4.69) is 0 Å². The van der Waals surface area contributed by atoms with E-state index in [4.69, 9.17) is 34.8 Å². The van der Waals surface area contributed by atoms with Gasteiger partial charge in [0.2, 0.25) is 0 Å². The average molecular weight is 332 g/mol. The second-order valence-corrected chi connectivity index (χ2v) is 6.17. The summed E-state index contributed by atoms with van der Waals surface area (Å²) in [6.07, 6.45) is 0.342. The van der Waals surface area contributed by atoms with Crippen LogP contribution in [0.25, 0.3) is 0 Å². The quantitative estimate of drug-likeness (QED) is 0.581. The van der Waals surface area contributed by atoms with Gasteiger partial charge in [0.25, 0.3) is 0 Å². The minimum atomic E-state index is -0.347. The molecule has 0 aliphatic heterocycles. The Bertz CT molecular complexity index is 618. The molecule has 0 saturated carbocycles. The lowest BCUT2D eigenvalue weighted by molar-refractivity contribution is 0.607. The minimum absolute atomic E-state index is 0.327. The van der Waals surface area contributed by atoms with E-state index in [0.717, 1.165) is 16.7 Å². The lowest BCUT2D eigenvalue weighted by Crippen LogP contribution is -2.02. The van der Waals surface area contributed by atoms with Gasteiger partial charge in [-0.1, -0.05) is 35.3 Å². The fraction of sp³-hybridized carbons (Fsp3) is 0.250. The van der Waals surface area contributed by atoms with Gasteiger partial charge in [-0.05, 0) is 55.2 Å². The van der Waals surface area contributed by atoms with Crippen molar-refractivity contribution in [2.45, 2.75) is 25.6 Å². The Morgan fingerprint density at radius 1 is 1.05 bits per heavy atom. The first-order valence-corrected chi connectivity index (χ1v) is 7.43. The van der Waals surface area contributed by atoms with Gasteiger partial charge >= 0.3 is 0 Å². The maximum atomic E-state index is 13.8. The summed E-state index contributed by atoms with van der Waals surface area (Å²) in [7, 11) is 0. The van der Waals surface area contributed by atoms with Crippen LogP contribution in [0.2, 0.25) is 10.0 Å². The van der Waals surface area contributed by atoms with Gasteiger partial charge in [-0.2, -0.15) is 0 Å². The van der Waals surface area contributed by atoms with Crippen molar-refractivity contribution < 1.29 is 4.39 Å². The van der Waals surface area contributed by atoms with E-state index in [1.807, 2.05) is 26.0 Å². The predicted octanol–water partition coefficient (Wildman–Crippen LogP) is 6.27. The zero-order valence-corrected chi connectivity index (χ0v) is 13.5. The molecule has 0 fully saturated rings. The van der Waals surface area contributed by atoms with E-state index in [0.29, 0.717) is 22.0 Å². The van der Waals surface area contributed by atoms with Gasteiger partial charge in [0, 0.05) is 15.6 Å². The van der Waals surface area contributed by atoms with Crippen LogP contribution in [0, 0.1) is 19.7 Å². The third kappa shape index (κ3) is 3.28. The molecule has 0 amide bonds. The topological polar surface area (TPSA) is 0 Å². The molecule has 0 nitrogen and oxygen atoms in total. The largest absolute Gasteiger partial charge is 0.207 e. The highest BCUT2D eigenvalue weighted by Gasteiger charge is 2.17. The number of aryl methyl sites for hydroxylation is 2. The van der Waals surface area contributed by atoms with Gasteiger partial charge in [-0.15, -0.1) is 11.6 Å². The maximum Gasteiger partial charge on any atom is 0.127 e. The van der Waals surface area contributed by atoms with E-state index >= 15 is 0 Å². The molecule has 2 aromatic carbocycles. The Morgan fingerprint density at radius 3 is 2.40 bits per heavy atom. The molecule has 2 aromatic rings. The number of alkyl halides is 1. The smallest absolute Gasteiger partial charge is 0.127 e. The second kappa shape index (κ2) is 6.34. The van der Waals surface area contributed by atoms with Gasteiger partial charge in [-0.3, -0.25) is 0 Å². The summed E-state index contributed by atoms with van der Waals surface area (Å²) in [5, 5.41) is 0.762. The highest BCUT2D eigenvalue weighted by atomic mass is 35.5. The molecular weight excluding hydrogens is 318 g/mol. The molecule has 0 radical (unpaired) electrons. The Kier molecular flexibility index (Phi) is 4.95. The zero-order valence-electron chi connectivity index (χ0n) is 11.2. The van der Waals surface area contributed by atoms with Crippen LogP contribution in [-0.2, 0) is 6.42 Å². The summed E-state index contributed by atoms with van der Waals surface area (Å²) in [4.78, 5) is 0. The fourth-order valence-corrected chi connectivity index (χ4v) is 3.01. The average Bonchev–Trinajstić information content (AvgIpc) is 2.38. The number of rotatable bonds is 3. The van der Waals surface area contributed by atoms with E-state index in [1.54, 1.807) is 12.1 Å². The first-order valence-electron chi connectivity index (χ1n) is 6.23. The van der Waals surface area contributed by atoms with Crippen molar-refractivity contribution in [1.82, 2.24) is 0 Å². The summed E-state index contributed by atoms with van der Waals surface area (Å²) < 4.78 is 13.8. The maximum absolute atomic E-state index is 13.8.